The van der Waals surface area contributed by atoms with Gasteiger partial charge in [0.25, 0.3) is 0 Å². The van der Waals surface area contributed by atoms with Crippen LogP contribution >= 0.6 is 27.7 Å². The highest BCUT2D eigenvalue weighted by molar-refractivity contribution is 9.10. The summed E-state index contributed by atoms with van der Waals surface area (Å²) in [5.41, 5.74) is 2.65. The molecule has 1 aliphatic heterocycles. The minimum atomic E-state index is 0.364. The third-order valence-electron chi connectivity index (χ3n) is 3.01. The van der Waals surface area contributed by atoms with Crippen molar-refractivity contribution in [3.8, 4) is 0 Å². The van der Waals surface area contributed by atoms with Crippen molar-refractivity contribution in [2.75, 3.05) is 11.9 Å². The Hall–Kier alpha value is -0.930. The zero-order chi connectivity index (χ0) is 11.8. The molecule has 0 saturated heterocycles. The van der Waals surface area contributed by atoms with Crippen molar-refractivity contribution >= 4 is 33.4 Å². The summed E-state index contributed by atoms with van der Waals surface area (Å²) < 4.78 is 1.18. The number of hydrogen-bond donors (Lipinski definition) is 0. The van der Waals surface area contributed by atoms with Gasteiger partial charge in [-0.2, -0.15) is 0 Å². The van der Waals surface area contributed by atoms with Gasteiger partial charge in [0.15, 0.2) is 0 Å². The predicted molar refractivity (Wildman–Crippen MR) is 77.6 cm³/mol. The molecule has 1 atom stereocenters. The lowest BCUT2D eigenvalue weighted by atomic mass is 10.2. The predicted octanol–water partition coefficient (Wildman–Crippen LogP) is 4.69. The third kappa shape index (κ3) is 1.87. The van der Waals surface area contributed by atoms with Crippen LogP contribution in [-0.4, -0.2) is 7.05 Å². The fourth-order valence-corrected chi connectivity index (χ4v) is 4.11. The Morgan fingerprint density at radius 3 is 2.53 bits per heavy atom. The normalized spacial score (nSPS) is 18.2. The van der Waals surface area contributed by atoms with E-state index in [1.165, 1.54) is 20.6 Å². The molecule has 86 valence electrons. The molecule has 1 unspecified atom stereocenters. The van der Waals surface area contributed by atoms with Crippen LogP contribution in [0.15, 0.2) is 57.9 Å². The molecule has 2 aromatic carbocycles. The van der Waals surface area contributed by atoms with Crippen molar-refractivity contribution in [2.45, 2.75) is 10.3 Å². The van der Waals surface area contributed by atoms with Crippen molar-refractivity contribution in [1.29, 1.82) is 0 Å². The van der Waals surface area contributed by atoms with E-state index in [1.54, 1.807) is 0 Å². The first-order valence-corrected chi connectivity index (χ1v) is 7.17. The van der Waals surface area contributed by atoms with Crippen molar-refractivity contribution in [3.05, 3.63) is 58.6 Å². The van der Waals surface area contributed by atoms with E-state index in [4.69, 9.17) is 0 Å². The van der Waals surface area contributed by atoms with Crippen LogP contribution in [0.2, 0.25) is 0 Å². The van der Waals surface area contributed by atoms with Gasteiger partial charge >= 0.3 is 0 Å². The zero-order valence-electron chi connectivity index (χ0n) is 9.43. The van der Waals surface area contributed by atoms with E-state index < -0.39 is 0 Å². The molecule has 3 heteroatoms. The Balaban J connectivity index is 2.02. The fraction of sp³-hybridized carbons (Fsp3) is 0.143. The first kappa shape index (κ1) is 11.2. The molecular weight excluding hydrogens is 294 g/mol. The van der Waals surface area contributed by atoms with E-state index in [1.807, 2.05) is 11.8 Å². The molecule has 1 aliphatic rings. The quantitative estimate of drug-likeness (QED) is 0.752. The number of nitrogens with zero attached hydrogens (tertiary/aromatic N) is 1. The van der Waals surface area contributed by atoms with Crippen LogP contribution in [0, 0.1) is 0 Å². The minimum absolute atomic E-state index is 0.364. The highest BCUT2D eigenvalue weighted by Gasteiger charge is 2.29. The monoisotopic (exact) mass is 305 g/mol. The molecule has 1 heterocycles. The lowest BCUT2D eigenvalue weighted by Crippen LogP contribution is -2.17. The number of thioether (sulfide) groups is 1. The van der Waals surface area contributed by atoms with Gasteiger partial charge in [0.05, 0.1) is 5.69 Å². The van der Waals surface area contributed by atoms with Crippen LogP contribution in [0.4, 0.5) is 5.69 Å². The molecule has 0 fully saturated rings. The molecule has 0 amide bonds. The van der Waals surface area contributed by atoms with E-state index in [2.05, 4.69) is 76.4 Å². The maximum Gasteiger partial charge on any atom is 0.106 e. The topological polar surface area (TPSA) is 3.24 Å². The van der Waals surface area contributed by atoms with Crippen LogP contribution in [0.25, 0.3) is 0 Å². The molecule has 17 heavy (non-hydrogen) atoms. The van der Waals surface area contributed by atoms with Gasteiger partial charge in [-0.05, 0) is 23.8 Å². The van der Waals surface area contributed by atoms with E-state index in [0.717, 1.165) is 0 Å². The summed E-state index contributed by atoms with van der Waals surface area (Å²) in [6.45, 7) is 0. The standard InChI is InChI=1S/C14H12BrNS/c1-16-12-8-4-5-9-13(12)17-14(16)10-6-2-3-7-11(10)15/h2-9,14H,1H3. The van der Waals surface area contributed by atoms with Crippen molar-refractivity contribution in [3.63, 3.8) is 0 Å². The Bertz CT molecular complexity index is 555. The summed E-state index contributed by atoms with van der Waals surface area (Å²) in [6, 6.07) is 17.0. The number of anilines is 1. The second-order valence-corrected chi connectivity index (χ2v) is 6.05. The van der Waals surface area contributed by atoms with Gasteiger partial charge < -0.3 is 4.90 Å². The number of fused-ring (bicyclic) bond motifs is 1. The Kier molecular flexibility index (Phi) is 2.89. The molecule has 0 bridgehead atoms. The first-order chi connectivity index (χ1) is 8.27. The maximum absolute atomic E-state index is 3.64. The largest absolute Gasteiger partial charge is 0.357 e. The lowest BCUT2D eigenvalue weighted by Gasteiger charge is -2.22. The molecule has 0 radical (unpaired) electrons. The Labute approximate surface area is 114 Å². The van der Waals surface area contributed by atoms with E-state index in [0.29, 0.717) is 5.37 Å². The Morgan fingerprint density at radius 2 is 1.76 bits per heavy atom. The van der Waals surface area contributed by atoms with Gasteiger partial charge in [0.1, 0.15) is 5.37 Å². The highest BCUT2D eigenvalue weighted by Crippen LogP contribution is 2.51. The van der Waals surface area contributed by atoms with Crippen LogP contribution in [-0.2, 0) is 0 Å². The summed E-state index contributed by atoms with van der Waals surface area (Å²) in [6.07, 6.45) is 0. The van der Waals surface area contributed by atoms with Crippen LogP contribution < -0.4 is 4.90 Å². The summed E-state index contributed by atoms with van der Waals surface area (Å²) in [7, 11) is 2.16. The molecular formula is C14H12BrNS. The highest BCUT2D eigenvalue weighted by atomic mass is 79.9. The van der Waals surface area contributed by atoms with Crippen molar-refractivity contribution in [2.24, 2.45) is 0 Å². The number of para-hydroxylation sites is 1. The number of halogens is 1. The molecule has 0 saturated carbocycles. The summed E-state index contributed by atoms with van der Waals surface area (Å²) in [5.74, 6) is 0. The summed E-state index contributed by atoms with van der Waals surface area (Å²) >= 11 is 5.55. The molecule has 0 spiro atoms. The van der Waals surface area contributed by atoms with Gasteiger partial charge in [0, 0.05) is 16.4 Å². The molecule has 0 aliphatic carbocycles. The van der Waals surface area contributed by atoms with Crippen LogP contribution in [0.3, 0.4) is 0 Å². The molecule has 2 aromatic rings. The number of hydrogen-bond acceptors (Lipinski definition) is 2. The maximum atomic E-state index is 3.64. The average molecular weight is 306 g/mol. The van der Waals surface area contributed by atoms with E-state index in [-0.39, 0.29) is 0 Å². The molecule has 3 rings (SSSR count). The van der Waals surface area contributed by atoms with E-state index >= 15 is 0 Å². The first-order valence-electron chi connectivity index (χ1n) is 5.50. The second-order valence-electron chi connectivity index (χ2n) is 4.07. The van der Waals surface area contributed by atoms with Gasteiger partial charge in [-0.3, -0.25) is 0 Å². The van der Waals surface area contributed by atoms with Crippen molar-refractivity contribution in [1.82, 2.24) is 0 Å². The molecule has 0 N–H and O–H groups in total. The average Bonchev–Trinajstić information content (AvgIpc) is 2.68. The zero-order valence-corrected chi connectivity index (χ0v) is 11.8. The smallest absolute Gasteiger partial charge is 0.106 e. The number of benzene rings is 2. The van der Waals surface area contributed by atoms with Crippen molar-refractivity contribution < 1.29 is 0 Å². The summed E-state index contributed by atoms with van der Waals surface area (Å²) in [4.78, 5) is 3.69. The van der Waals surface area contributed by atoms with Gasteiger partial charge in [-0.1, -0.05) is 58.0 Å². The molecule has 1 nitrogen and oxygen atoms in total. The van der Waals surface area contributed by atoms with Crippen LogP contribution in [0.5, 0.6) is 0 Å². The Morgan fingerprint density at radius 1 is 1.06 bits per heavy atom. The van der Waals surface area contributed by atoms with Gasteiger partial charge in [0.2, 0.25) is 0 Å². The lowest BCUT2D eigenvalue weighted by molar-refractivity contribution is 0.909. The van der Waals surface area contributed by atoms with Gasteiger partial charge in [-0.15, -0.1) is 0 Å². The van der Waals surface area contributed by atoms with E-state index in [9.17, 15) is 0 Å². The molecule has 0 aromatic heterocycles. The second kappa shape index (κ2) is 4.39. The van der Waals surface area contributed by atoms with Gasteiger partial charge in [-0.25, -0.2) is 0 Å². The number of rotatable bonds is 1. The fourth-order valence-electron chi connectivity index (χ4n) is 2.12. The minimum Gasteiger partial charge on any atom is -0.357 e. The third-order valence-corrected chi connectivity index (χ3v) is 5.12. The van der Waals surface area contributed by atoms with Crippen LogP contribution in [0.1, 0.15) is 10.9 Å². The SMILES string of the molecule is CN1c2ccccc2SC1c1ccccc1Br. The summed E-state index contributed by atoms with van der Waals surface area (Å²) in [5, 5.41) is 0.364.